The van der Waals surface area contributed by atoms with Gasteiger partial charge in [0.05, 0.1) is 18.2 Å². The highest BCUT2D eigenvalue weighted by Gasteiger charge is 2.48. The molecule has 0 aliphatic carbocycles. The number of hydrogen-bond acceptors (Lipinski definition) is 3. The molecule has 17 heavy (non-hydrogen) atoms. The maximum atomic E-state index is 5.93. The first-order valence-corrected chi connectivity index (χ1v) is 6.52. The summed E-state index contributed by atoms with van der Waals surface area (Å²) in [6, 6.07) is 2.18. The van der Waals surface area contributed by atoms with E-state index in [0.29, 0.717) is 6.10 Å². The van der Waals surface area contributed by atoms with Crippen molar-refractivity contribution in [3.63, 3.8) is 0 Å². The summed E-state index contributed by atoms with van der Waals surface area (Å²) < 4.78 is 5.93. The lowest BCUT2D eigenvalue weighted by Gasteiger charge is -2.33. The van der Waals surface area contributed by atoms with Crippen LogP contribution in [0.25, 0.3) is 0 Å². The molecule has 3 heteroatoms. The van der Waals surface area contributed by atoms with Crippen LogP contribution in [0.2, 0.25) is 0 Å². The molecule has 1 aromatic rings. The lowest BCUT2D eigenvalue weighted by molar-refractivity contribution is -0.00932. The van der Waals surface area contributed by atoms with E-state index in [0.717, 1.165) is 13.2 Å². The molecule has 92 valence electrons. The van der Waals surface area contributed by atoms with E-state index in [2.05, 4.69) is 29.8 Å². The summed E-state index contributed by atoms with van der Waals surface area (Å²) in [6.45, 7) is 7.28. The maximum absolute atomic E-state index is 5.93. The molecule has 1 saturated heterocycles. The second-order valence-electron chi connectivity index (χ2n) is 5.45. The average molecular weight is 232 g/mol. The van der Waals surface area contributed by atoms with Gasteiger partial charge in [0.15, 0.2) is 0 Å². The van der Waals surface area contributed by atoms with Crippen molar-refractivity contribution < 1.29 is 4.74 Å². The Morgan fingerprint density at radius 1 is 1.53 bits per heavy atom. The van der Waals surface area contributed by atoms with E-state index in [4.69, 9.17) is 4.74 Å². The molecule has 3 rings (SSSR count). The van der Waals surface area contributed by atoms with E-state index in [1.54, 1.807) is 0 Å². The molecule has 1 aromatic heterocycles. The summed E-state index contributed by atoms with van der Waals surface area (Å²) in [5.41, 5.74) is 2.98. The van der Waals surface area contributed by atoms with Crippen LogP contribution >= 0.6 is 0 Å². The van der Waals surface area contributed by atoms with Crippen LogP contribution in [0, 0.1) is 0 Å². The molecule has 0 N–H and O–H groups in total. The van der Waals surface area contributed by atoms with Gasteiger partial charge in [0.25, 0.3) is 0 Å². The molecule has 1 atom stereocenters. The van der Waals surface area contributed by atoms with Gasteiger partial charge in [-0.2, -0.15) is 0 Å². The zero-order valence-electron chi connectivity index (χ0n) is 10.6. The Labute approximate surface area is 103 Å². The molecule has 0 aromatic carbocycles. The van der Waals surface area contributed by atoms with E-state index in [-0.39, 0.29) is 5.54 Å². The standard InChI is InChI=1S/C14H20N2O/c1-11(2)17-10-14-5-3-7-16(14)9-12-8-15-6-4-13(12)14/h4,6,8,11H,3,5,7,9-10H2,1-2H3. The summed E-state index contributed by atoms with van der Waals surface area (Å²) in [5, 5.41) is 0. The quantitative estimate of drug-likeness (QED) is 0.799. The average Bonchev–Trinajstić information content (AvgIpc) is 2.82. The number of ether oxygens (including phenoxy) is 1. The first kappa shape index (κ1) is 11.2. The van der Waals surface area contributed by atoms with Crippen LogP contribution in [0.3, 0.4) is 0 Å². The van der Waals surface area contributed by atoms with Crippen LogP contribution in [-0.2, 0) is 16.8 Å². The summed E-state index contributed by atoms with van der Waals surface area (Å²) in [7, 11) is 0. The third-order valence-corrected chi connectivity index (χ3v) is 4.05. The minimum Gasteiger partial charge on any atom is -0.377 e. The molecular formula is C14H20N2O. The zero-order chi connectivity index (χ0) is 11.9. The first-order valence-electron chi connectivity index (χ1n) is 6.52. The molecular weight excluding hydrogens is 212 g/mol. The van der Waals surface area contributed by atoms with Crippen LogP contribution in [0.4, 0.5) is 0 Å². The maximum Gasteiger partial charge on any atom is 0.0704 e. The van der Waals surface area contributed by atoms with Gasteiger partial charge in [-0.25, -0.2) is 0 Å². The van der Waals surface area contributed by atoms with Crippen LogP contribution in [0.15, 0.2) is 18.5 Å². The fourth-order valence-corrected chi connectivity index (χ4v) is 3.23. The van der Waals surface area contributed by atoms with Gasteiger partial charge in [-0.3, -0.25) is 9.88 Å². The highest BCUT2D eigenvalue weighted by Crippen LogP contribution is 2.46. The minimum atomic E-state index is 0.141. The van der Waals surface area contributed by atoms with Gasteiger partial charge >= 0.3 is 0 Å². The van der Waals surface area contributed by atoms with E-state index < -0.39 is 0 Å². The number of aromatic nitrogens is 1. The molecule has 0 amide bonds. The molecule has 0 bridgehead atoms. The smallest absolute Gasteiger partial charge is 0.0704 e. The summed E-state index contributed by atoms with van der Waals surface area (Å²) in [4.78, 5) is 6.81. The lowest BCUT2D eigenvalue weighted by Crippen LogP contribution is -2.40. The number of fused-ring (bicyclic) bond motifs is 3. The van der Waals surface area contributed by atoms with Crippen molar-refractivity contribution in [3.8, 4) is 0 Å². The Kier molecular flexibility index (Phi) is 2.68. The molecule has 1 fully saturated rings. The Balaban J connectivity index is 1.94. The van der Waals surface area contributed by atoms with Gasteiger partial charge in [-0.1, -0.05) is 0 Å². The number of pyridine rings is 1. The largest absolute Gasteiger partial charge is 0.377 e. The summed E-state index contributed by atoms with van der Waals surface area (Å²) in [6.07, 6.45) is 6.74. The third kappa shape index (κ3) is 1.69. The summed E-state index contributed by atoms with van der Waals surface area (Å²) in [5.74, 6) is 0. The highest BCUT2D eigenvalue weighted by molar-refractivity contribution is 5.37. The fourth-order valence-electron chi connectivity index (χ4n) is 3.23. The Bertz CT molecular complexity index is 418. The number of rotatable bonds is 3. The van der Waals surface area contributed by atoms with Crippen LogP contribution in [0.1, 0.15) is 37.8 Å². The number of hydrogen-bond donors (Lipinski definition) is 0. The molecule has 0 spiro atoms. The molecule has 1 unspecified atom stereocenters. The van der Waals surface area contributed by atoms with Crippen molar-refractivity contribution in [2.24, 2.45) is 0 Å². The zero-order valence-corrected chi connectivity index (χ0v) is 10.6. The predicted molar refractivity (Wildman–Crippen MR) is 66.6 cm³/mol. The molecule has 3 nitrogen and oxygen atoms in total. The third-order valence-electron chi connectivity index (χ3n) is 4.05. The van der Waals surface area contributed by atoms with Crippen LogP contribution in [0.5, 0.6) is 0 Å². The molecule has 2 aliphatic heterocycles. The Hall–Kier alpha value is -0.930. The SMILES string of the molecule is CC(C)OCC12CCCN1Cc1cnccc12. The Morgan fingerprint density at radius 3 is 3.24 bits per heavy atom. The molecule has 3 heterocycles. The second-order valence-corrected chi connectivity index (χ2v) is 5.45. The van der Waals surface area contributed by atoms with Gasteiger partial charge in [0, 0.05) is 18.9 Å². The van der Waals surface area contributed by atoms with Crippen molar-refractivity contribution in [1.82, 2.24) is 9.88 Å². The van der Waals surface area contributed by atoms with Crippen molar-refractivity contribution >= 4 is 0 Å². The summed E-state index contributed by atoms with van der Waals surface area (Å²) >= 11 is 0. The van der Waals surface area contributed by atoms with E-state index >= 15 is 0 Å². The van der Waals surface area contributed by atoms with Crippen molar-refractivity contribution in [3.05, 3.63) is 29.6 Å². The molecule has 0 saturated carbocycles. The van der Waals surface area contributed by atoms with Gasteiger partial charge < -0.3 is 4.74 Å². The van der Waals surface area contributed by atoms with Crippen molar-refractivity contribution in [1.29, 1.82) is 0 Å². The first-order chi connectivity index (χ1) is 8.22. The van der Waals surface area contributed by atoms with Gasteiger partial charge in [0.2, 0.25) is 0 Å². The second kappa shape index (κ2) is 4.07. The normalized spacial score (nSPS) is 27.5. The van der Waals surface area contributed by atoms with E-state index in [9.17, 15) is 0 Å². The van der Waals surface area contributed by atoms with E-state index in [1.807, 2.05) is 12.4 Å². The monoisotopic (exact) mass is 232 g/mol. The van der Waals surface area contributed by atoms with Gasteiger partial charge in [0.1, 0.15) is 0 Å². The van der Waals surface area contributed by atoms with Gasteiger partial charge in [-0.05, 0) is 50.4 Å². The van der Waals surface area contributed by atoms with Crippen LogP contribution in [-0.4, -0.2) is 29.1 Å². The van der Waals surface area contributed by atoms with Crippen molar-refractivity contribution in [2.45, 2.75) is 44.9 Å². The topological polar surface area (TPSA) is 25.4 Å². The van der Waals surface area contributed by atoms with Crippen molar-refractivity contribution in [2.75, 3.05) is 13.2 Å². The minimum absolute atomic E-state index is 0.141. The highest BCUT2D eigenvalue weighted by atomic mass is 16.5. The molecule has 2 aliphatic rings. The number of nitrogens with zero attached hydrogens (tertiary/aromatic N) is 2. The van der Waals surface area contributed by atoms with Gasteiger partial charge in [-0.15, -0.1) is 0 Å². The lowest BCUT2D eigenvalue weighted by atomic mass is 9.89. The predicted octanol–water partition coefficient (Wildman–Crippen LogP) is 2.31. The fraction of sp³-hybridized carbons (Fsp3) is 0.643. The Morgan fingerprint density at radius 2 is 2.41 bits per heavy atom. The molecule has 0 radical (unpaired) electrons. The van der Waals surface area contributed by atoms with Crippen LogP contribution < -0.4 is 0 Å². The van der Waals surface area contributed by atoms with E-state index in [1.165, 1.54) is 30.5 Å².